The van der Waals surface area contributed by atoms with Crippen LogP contribution in [0.1, 0.15) is 27.8 Å². The quantitative estimate of drug-likeness (QED) is 0.388. The number of aromatic amines is 1. The molecule has 1 aliphatic rings. The van der Waals surface area contributed by atoms with Crippen LogP contribution < -0.4 is 0 Å². The number of carbonyl (C=O) groups excluding carboxylic acids is 1. The Kier molecular flexibility index (Phi) is 5.71. The molecule has 31 heavy (non-hydrogen) atoms. The Morgan fingerprint density at radius 3 is 2.71 bits per heavy atom. The van der Waals surface area contributed by atoms with Crippen LogP contribution >= 0.6 is 34.4 Å². The van der Waals surface area contributed by atoms with E-state index in [1.807, 2.05) is 54.1 Å². The summed E-state index contributed by atoms with van der Waals surface area (Å²) in [6.07, 6.45) is 0.732. The molecule has 4 heterocycles. The Labute approximate surface area is 192 Å². The molecule has 9 heteroatoms. The third-order valence-electron chi connectivity index (χ3n) is 4.96. The summed E-state index contributed by atoms with van der Waals surface area (Å²) in [4.78, 5) is 19.9. The van der Waals surface area contributed by atoms with Crippen LogP contribution in [0.25, 0.3) is 11.4 Å². The maximum Gasteiger partial charge on any atom is 0.253 e. The molecule has 0 fully saturated rings. The van der Waals surface area contributed by atoms with Gasteiger partial charge in [-0.25, -0.2) is 9.99 Å². The van der Waals surface area contributed by atoms with Gasteiger partial charge in [0.1, 0.15) is 0 Å². The molecule has 156 valence electrons. The van der Waals surface area contributed by atoms with E-state index in [4.69, 9.17) is 5.10 Å². The third kappa shape index (κ3) is 4.34. The zero-order chi connectivity index (χ0) is 21.2. The minimum atomic E-state index is -0.0551. The Morgan fingerprint density at radius 2 is 1.97 bits per heavy atom. The summed E-state index contributed by atoms with van der Waals surface area (Å²) in [5.74, 6) is 0.885. The van der Waals surface area contributed by atoms with Crippen LogP contribution in [-0.2, 0) is 4.79 Å². The van der Waals surface area contributed by atoms with Crippen molar-refractivity contribution in [3.8, 4) is 11.4 Å². The third-order valence-corrected chi connectivity index (χ3v) is 7.68. The molecular weight excluding hydrogens is 446 g/mol. The zero-order valence-corrected chi connectivity index (χ0v) is 19.1. The number of H-pyrrole nitrogens is 1. The second-order valence-corrected chi connectivity index (χ2v) is 9.99. The molecule has 1 aliphatic heterocycles. The standard InChI is InChI=1S/C22H19N5OS3/c1-14-6-8-15(9-7-14)21-23-22(25-24-21)31-13-20(28)27-17(19-5-3-11-30-19)12-16(26-27)18-4-2-10-29-18/h2-11,17H,12-13H2,1H3,(H,23,24,25). The van der Waals surface area contributed by atoms with E-state index in [1.165, 1.54) is 17.3 Å². The minimum Gasteiger partial charge on any atom is -0.272 e. The van der Waals surface area contributed by atoms with Gasteiger partial charge in [-0.1, -0.05) is 53.7 Å². The first kappa shape index (κ1) is 20.2. The predicted molar refractivity (Wildman–Crippen MR) is 127 cm³/mol. The van der Waals surface area contributed by atoms with Gasteiger partial charge in [-0.3, -0.25) is 9.89 Å². The Morgan fingerprint density at radius 1 is 1.16 bits per heavy atom. The molecule has 1 atom stereocenters. The van der Waals surface area contributed by atoms with Gasteiger partial charge in [0.15, 0.2) is 5.82 Å². The van der Waals surface area contributed by atoms with Gasteiger partial charge in [-0.05, 0) is 29.8 Å². The fourth-order valence-corrected chi connectivity index (χ4v) is 5.56. The van der Waals surface area contributed by atoms with Crippen molar-refractivity contribution in [3.63, 3.8) is 0 Å². The van der Waals surface area contributed by atoms with Crippen LogP contribution in [0.5, 0.6) is 0 Å². The lowest BCUT2D eigenvalue weighted by molar-refractivity contribution is -0.130. The van der Waals surface area contributed by atoms with Crippen molar-refractivity contribution in [2.45, 2.75) is 24.5 Å². The first-order valence-electron chi connectivity index (χ1n) is 9.76. The van der Waals surface area contributed by atoms with Gasteiger partial charge in [-0.2, -0.15) is 5.10 Å². The molecule has 0 saturated carbocycles. The number of amides is 1. The zero-order valence-electron chi connectivity index (χ0n) is 16.7. The van der Waals surface area contributed by atoms with Gasteiger partial charge in [0.05, 0.1) is 22.4 Å². The molecule has 1 unspecified atom stereocenters. The fraction of sp³-hybridized carbons (Fsp3) is 0.182. The molecule has 0 saturated heterocycles. The Balaban J connectivity index is 1.30. The number of hydrogen-bond acceptors (Lipinski definition) is 7. The van der Waals surface area contributed by atoms with E-state index in [1.54, 1.807) is 27.7 Å². The molecular formula is C22H19N5OS3. The van der Waals surface area contributed by atoms with Crippen LogP contribution in [0.4, 0.5) is 0 Å². The van der Waals surface area contributed by atoms with Crippen molar-refractivity contribution in [2.24, 2.45) is 5.10 Å². The van der Waals surface area contributed by atoms with Crippen LogP contribution in [0.15, 0.2) is 69.5 Å². The topological polar surface area (TPSA) is 74.2 Å². The molecule has 3 aromatic heterocycles. The summed E-state index contributed by atoms with van der Waals surface area (Å²) < 4.78 is 0. The van der Waals surface area contributed by atoms with Crippen LogP contribution in [0.3, 0.4) is 0 Å². The van der Waals surface area contributed by atoms with Crippen LogP contribution in [0, 0.1) is 6.92 Å². The highest BCUT2D eigenvalue weighted by Crippen LogP contribution is 2.36. The molecule has 0 bridgehead atoms. The number of hydrogen-bond donors (Lipinski definition) is 1. The summed E-state index contributed by atoms with van der Waals surface area (Å²) in [5.41, 5.74) is 3.13. The second kappa shape index (κ2) is 8.78. The van der Waals surface area contributed by atoms with Crippen molar-refractivity contribution in [3.05, 3.63) is 74.6 Å². The second-order valence-electron chi connectivity index (χ2n) is 7.12. The largest absolute Gasteiger partial charge is 0.272 e. The van der Waals surface area contributed by atoms with Gasteiger partial charge in [0.2, 0.25) is 5.16 Å². The molecule has 0 radical (unpaired) electrons. The molecule has 0 spiro atoms. The number of carbonyl (C=O) groups is 1. The summed E-state index contributed by atoms with van der Waals surface area (Å²) >= 11 is 4.63. The number of rotatable bonds is 6. The molecule has 4 aromatic rings. The van der Waals surface area contributed by atoms with Crippen molar-refractivity contribution < 1.29 is 4.79 Å². The number of aromatic nitrogens is 3. The maximum atomic E-state index is 13.1. The van der Waals surface area contributed by atoms with E-state index < -0.39 is 0 Å². The molecule has 1 N–H and O–H groups in total. The monoisotopic (exact) mass is 465 g/mol. The average molecular weight is 466 g/mol. The lowest BCUT2D eigenvalue weighted by atomic mass is 10.1. The normalized spacial score (nSPS) is 16.0. The number of nitrogens with zero attached hydrogens (tertiary/aromatic N) is 4. The first-order chi connectivity index (χ1) is 15.2. The average Bonchev–Trinajstić information content (AvgIpc) is 3.58. The Bertz CT molecular complexity index is 1200. The smallest absolute Gasteiger partial charge is 0.253 e. The van der Waals surface area contributed by atoms with Gasteiger partial charge >= 0.3 is 0 Å². The molecule has 1 amide bonds. The molecule has 0 aliphatic carbocycles. The summed E-state index contributed by atoms with van der Waals surface area (Å²) in [7, 11) is 0. The van der Waals surface area contributed by atoms with Gasteiger partial charge < -0.3 is 0 Å². The molecule has 1 aromatic carbocycles. The minimum absolute atomic E-state index is 0.0448. The van der Waals surface area contributed by atoms with Crippen molar-refractivity contribution in [1.82, 2.24) is 20.2 Å². The maximum absolute atomic E-state index is 13.1. The van der Waals surface area contributed by atoms with E-state index in [0.717, 1.165) is 27.5 Å². The van der Waals surface area contributed by atoms with E-state index in [-0.39, 0.29) is 17.7 Å². The van der Waals surface area contributed by atoms with Crippen LogP contribution in [-0.4, -0.2) is 37.6 Å². The highest BCUT2D eigenvalue weighted by atomic mass is 32.2. The van der Waals surface area contributed by atoms with Crippen molar-refractivity contribution in [1.29, 1.82) is 0 Å². The number of aryl methyl sites for hydroxylation is 1. The fourth-order valence-electron chi connectivity index (χ4n) is 3.38. The van der Waals surface area contributed by atoms with E-state index in [2.05, 4.69) is 27.3 Å². The van der Waals surface area contributed by atoms with Crippen LogP contribution in [0.2, 0.25) is 0 Å². The van der Waals surface area contributed by atoms with Gasteiger partial charge in [0, 0.05) is 16.9 Å². The number of thiophene rings is 2. The van der Waals surface area contributed by atoms with E-state index in [9.17, 15) is 4.79 Å². The summed E-state index contributed by atoms with van der Waals surface area (Å²) in [6.45, 7) is 2.05. The molecule has 5 rings (SSSR count). The summed E-state index contributed by atoms with van der Waals surface area (Å²) in [5, 5.41) is 18.2. The SMILES string of the molecule is Cc1ccc(-c2nc(SCC(=O)N3N=C(c4cccs4)CC3c3cccs3)n[nH]2)cc1. The lowest BCUT2D eigenvalue weighted by Gasteiger charge is -2.20. The molecule has 6 nitrogen and oxygen atoms in total. The lowest BCUT2D eigenvalue weighted by Crippen LogP contribution is -2.28. The first-order valence-corrected chi connectivity index (χ1v) is 12.5. The predicted octanol–water partition coefficient (Wildman–Crippen LogP) is 5.37. The highest BCUT2D eigenvalue weighted by Gasteiger charge is 2.34. The summed E-state index contributed by atoms with van der Waals surface area (Å²) in [6, 6.07) is 16.2. The Hall–Kier alpha value is -2.75. The number of nitrogens with one attached hydrogen (secondary N) is 1. The number of thioether (sulfide) groups is 1. The van der Waals surface area contributed by atoms with Crippen molar-refractivity contribution in [2.75, 3.05) is 5.75 Å². The number of hydrazone groups is 1. The van der Waals surface area contributed by atoms with E-state index in [0.29, 0.717) is 11.0 Å². The van der Waals surface area contributed by atoms with E-state index >= 15 is 0 Å². The highest BCUT2D eigenvalue weighted by molar-refractivity contribution is 7.99. The van der Waals surface area contributed by atoms with Gasteiger partial charge in [-0.15, -0.1) is 27.8 Å². The van der Waals surface area contributed by atoms with Crippen molar-refractivity contribution >= 4 is 46.1 Å². The number of benzene rings is 1. The van der Waals surface area contributed by atoms with Gasteiger partial charge in [0.25, 0.3) is 5.91 Å².